The van der Waals surface area contributed by atoms with Crippen LogP contribution in [0.2, 0.25) is 0 Å². The first-order valence-corrected chi connectivity index (χ1v) is 9.88. The number of fused-ring (bicyclic) bond motifs is 1. The number of esters is 1. The van der Waals surface area contributed by atoms with Crippen molar-refractivity contribution < 1.29 is 24.0 Å². The molecule has 1 aliphatic carbocycles. The van der Waals surface area contributed by atoms with Gasteiger partial charge in [-0.25, -0.2) is 4.79 Å². The smallest absolute Gasteiger partial charge is 0.341 e. The first kappa shape index (κ1) is 20.4. The molecule has 1 heterocycles. The number of nitrogens with one attached hydrogen (secondary N) is 3. The first-order valence-electron chi connectivity index (χ1n) is 9.06. The lowest BCUT2D eigenvalue weighted by molar-refractivity contribution is -0.862. The van der Waals surface area contributed by atoms with E-state index < -0.39 is 5.97 Å². The van der Waals surface area contributed by atoms with Crippen molar-refractivity contribution in [3.8, 4) is 0 Å². The molecule has 7 nitrogen and oxygen atoms in total. The second-order valence-electron chi connectivity index (χ2n) is 6.62. The molecule has 0 saturated heterocycles. The molecule has 0 bridgehead atoms. The summed E-state index contributed by atoms with van der Waals surface area (Å²) in [4.78, 5) is 38.3. The monoisotopic (exact) mass is 382 g/mol. The average molecular weight is 383 g/mol. The van der Waals surface area contributed by atoms with E-state index in [1.807, 2.05) is 6.92 Å². The van der Waals surface area contributed by atoms with Gasteiger partial charge in [0.2, 0.25) is 0 Å². The third-order valence-electron chi connectivity index (χ3n) is 4.31. The molecule has 0 spiro atoms. The quantitative estimate of drug-likeness (QED) is 0.568. The summed E-state index contributed by atoms with van der Waals surface area (Å²) >= 11 is 1.46. The Labute approximate surface area is 158 Å². The van der Waals surface area contributed by atoms with E-state index in [9.17, 15) is 14.4 Å². The van der Waals surface area contributed by atoms with Gasteiger partial charge in [0.05, 0.1) is 19.7 Å². The van der Waals surface area contributed by atoms with Gasteiger partial charge < -0.3 is 20.3 Å². The minimum Gasteiger partial charge on any atom is -0.465 e. The van der Waals surface area contributed by atoms with Gasteiger partial charge in [-0.2, -0.15) is 0 Å². The Bertz CT molecular complexity index is 672. The molecule has 1 atom stereocenters. The van der Waals surface area contributed by atoms with E-state index in [1.54, 1.807) is 7.05 Å². The maximum absolute atomic E-state index is 12.4. The molecule has 2 amide bonds. The number of hydrogen-bond donors (Lipinski definition) is 3. The highest BCUT2D eigenvalue weighted by molar-refractivity contribution is 7.17. The van der Waals surface area contributed by atoms with Crippen LogP contribution in [0, 0.1) is 0 Å². The number of hydrogen-bond acceptors (Lipinski definition) is 5. The highest BCUT2D eigenvalue weighted by Crippen LogP contribution is 2.38. The SMILES string of the molecule is CCCNC(=O)C[NH+](C)CC(=O)Nc1sc2c(c1C(=O)OC)CCCC2. The highest BCUT2D eigenvalue weighted by atomic mass is 32.1. The summed E-state index contributed by atoms with van der Waals surface area (Å²) in [5.41, 5.74) is 1.52. The number of ether oxygens (including phenoxy) is 1. The van der Waals surface area contributed by atoms with Gasteiger partial charge in [-0.05, 0) is 37.7 Å². The van der Waals surface area contributed by atoms with Crippen LogP contribution in [0.3, 0.4) is 0 Å². The fraction of sp³-hybridized carbons (Fsp3) is 0.611. The Morgan fingerprint density at radius 1 is 1.15 bits per heavy atom. The average Bonchev–Trinajstić information content (AvgIpc) is 2.96. The normalized spacial score (nSPS) is 14.3. The molecule has 0 aliphatic heterocycles. The van der Waals surface area contributed by atoms with Crippen LogP contribution >= 0.6 is 11.3 Å². The molecule has 144 valence electrons. The zero-order chi connectivity index (χ0) is 19.1. The number of carbonyl (C=O) groups excluding carboxylic acids is 3. The van der Waals surface area contributed by atoms with Crippen LogP contribution in [0.15, 0.2) is 0 Å². The number of carbonyl (C=O) groups is 3. The van der Waals surface area contributed by atoms with Gasteiger partial charge in [0.25, 0.3) is 11.8 Å². The van der Waals surface area contributed by atoms with Crippen LogP contribution in [0.1, 0.15) is 47.0 Å². The zero-order valence-electron chi connectivity index (χ0n) is 15.7. The summed E-state index contributed by atoms with van der Waals surface area (Å²) in [5.74, 6) is -0.687. The van der Waals surface area contributed by atoms with E-state index in [-0.39, 0.29) is 24.9 Å². The number of amides is 2. The molecular weight excluding hydrogens is 354 g/mol. The van der Waals surface area contributed by atoms with Gasteiger partial charge in [-0.15, -0.1) is 11.3 Å². The third-order valence-corrected chi connectivity index (χ3v) is 5.52. The maximum Gasteiger partial charge on any atom is 0.341 e. The number of quaternary nitrogens is 1. The topological polar surface area (TPSA) is 88.9 Å². The molecular formula is C18H28N3O4S+. The van der Waals surface area contributed by atoms with Crippen LogP contribution in [0.5, 0.6) is 0 Å². The van der Waals surface area contributed by atoms with Gasteiger partial charge in [-0.1, -0.05) is 6.92 Å². The van der Waals surface area contributed by atoms with Crippen molar-refractivity contribution in [3.63, 3.8) is 0 Å². The van der Waals surface area contributed by atoms with Gasteiger partial charge in [-0.3, -0.25) is 9.59 Å². The molecule has 1 aromatic heterocycles. The number of methoxy groups -OCH3 is 1. The molecule has 8 heteroatoms. The van der Waals surface area contributed by atoms with E-state index in [1.165, 1.54) is 18.4 Å². The van der Waals surface area contributed by atoms with Crippen LogP contribution in [-0.2, 0) is 27.2 Å². The summed E-state index contributed by atoms with van der Waals surface area (Å²) in [7, 11) is 3.15. The van der Waals surface area contributed by atoms with Crippen LogP contribution in [0.25, 0.3) is 0 Å². The van der Waals surface area contributed by atoms with Gasteiger partial charge in [0, 0.05) is 11.4 Å². The van der Waals surface area contributed by atoms with Crippen LogP contribution in [0.4, 0.5) is 5.00 Å². The second-order valence-corrected chi connectivity index (χ2v) is 7.72. The van der Waals surface area contributed by atoms with Crippen molar-refractivity contribution >= 4 is 34.1 Å². The van der Waals surface area contributed by atoms with Crippen LogP contribution < -0.4 is 15.5 Å². The van der Waals surface area contributed by atoms with E-state index in [4.69, 9.17) is 4.74 Å². The van der Waals surface area contributed by atoms with Crippen molar-refractivity contribution in [3.05, 3.63) is 16.0 Å². The summed E-state index contributed by atoms with van der Waals surface area (Å²) in [5, 5.41) is 6.22. The summed E-state index contributed by atoms with van der Waals surface area (Å²) in [6.07, 6.45) is 4.80. The molecule has 0 saturated carbocycles. The minimum atomic E-state index is -0.403. The largest absolute Gasteiger partial charge is 0.465 e. The Balaban J connectivity index is 2.01. The molecule has 1 aliphatic rings. The maximum atomic E-state index is 12.4. The Morgan fingerprint density at radius 2 is 1.85 bits per heavy atom. The summed E-state index contributed by atoms with van der Waals surface area (Å²) in [6, 6.07) is 0. The predicted molar refractivity (Wildman–Crippen MR) is 101 cm³/mol. The Kier molecular flexibility index (Phi) is 7.59. The van der Waals surface area contributed by atoms with Crippen molar-refractivity contribution in [2.75, 3.05) is 39.1 Å². The Morgan fingerprint density at radius 3 is 2.54 bits per heavy atom. The summed E-state index contributed by atoms with van der Waals surface area (Å²) in [6.45, 7) is 3.02. The van der Waals surface area contributed by atoms with Crippen molar-refractivity contribution in [1.82, 2.24) is 5.32 Å². The molecule has 26 heavy (non-hydrogen) atoms. The molecule has 1 unspecified atom stereocenters. The Hall–Kier alpha value is -1.93. The molecule has 0 radical (unpaired) electrons. The fourth-order valence-corrected chi connectivity index (χ4v) is 4.37. The molecule has 3 N–H and O–H groups in total. The number of rotatable bonds is 8. The highest BCUT2D eigenvalue weighted by Gasteiger charge is 2.27. The van der Waals surface area contributed by atoms with Gasteiger partial charge in [0.15, 0.2) is 13.1 Å². The third kappa shape index (κ3) is 5.28. The van der Waals surface area contributed by atoms with E-state index in [2.05, 4.69) is 10.6 Å². The second kappa shape index (κ2) is 9.68. The molecule has 0 aromatic carbocycles. The number of likely N-dealkylation sites (N-methyl/N-ethyl adjacent to an activating group) is 1. The lowest BCUT2D eigenvalue weighted by atomic mass is 9.95. The van der Waals surface area contributed by atoms with E-state index in [0.29, 0.717) is 17.1 Å². The number of anilines is 1. The van der Waals surface area contributed by atoms with Crippen molar-refractivity contribution in [2.24, 2.45) is 0 Å². The van der Waals surface area contributed by atoms with Gasteiger partial charge in [0.1, 0.15) is 5.00 Å². The fourth-order valence-electron chi connectivity index (χ4n) is 3.08. The lowest BCUT2D eigenvalue weighted by Crippen LogP contribution is -3.11. The standard InChI is InChI=1S/C18H27N3O4S/c1-4-9-19-14(22)10-21(2)11-15(23)20-17-16(18(24)25-3)12-7-5-6-8-13(12)26-17/h4-11H2,1-3H3,(H,19,22)(H,20,23)/p+1. The predicted octanol–water partition coefficient (Wildman–Crippen LogP) is 0.393. The van der Waals surface area contributed by atoms with E-state index in [0.717, 1.165) is 47.4 Å². The summed E-state index contributed by atoms with van der Waals surface area (Å²) < 4.78 is 4.91. The van der Waals surface area contributed by atoms with Crippen molar-refractivity contribution in [2.45, 2.75) is 39.0 Å². The van der Waals surface area contributed by atoms with E-state index >= 15 is 0 Å². The van der Waals surface area contributed by atoms with Gasteiger partial charge >= 0.3 is 5.97 Å². The lowest BCUT2D eigenvalue weighted by Gasteiger charge is -2.14. The molecule has 1 aromatic rings. The minimum absolute atomic E-state index is 0.0704. The molecule has 0 fully saturated rings. The number of aryl methyl sites for hydroxylation is 1. The zero-order valence-corrected chi connectivity index (χ0v) is 16.5. The number of thiophene rings is 1. The van der Waals surface area contributed by atoms with Crippen molar-refractivity contribution in [1.29, 1.82) is 0 Å². The first-order chi connectivity index (χ1) is 12.5. The molecule has 2 rings (SSSR count). The van der Waals surface area contributed by atoms with Crippen LogP contribution in [-0.4, -0.2) is 51.6 Å².